The summed E-state index contributed by atoms with van der Waals surface area (Å²) in [4.78, 5) is 10.4. The molecular formula is C11H8N4O2S. The van der Waals surface area contributed by atoms with Crippen LogP contribution in [0.3, 0.4) is 0 Å². The Hall–Kier alpha value is -2.41. The minimum absolute atomic E-state index is 0.0901. The van der Waals surface area contributed by atoms with E-state index in [1.807, 2.05) is 18.2 Å². The monoisotopic (exact) mass is 260 g/mol. The molecule has 2 N–H and O–H groups in total. The lowest BCUT2D eigenvalue weighted by atomic mass is 10.2. The van der Waals surface area contributed by atoms with E-state index in [-0.39, 0.29) is 5.69 Å². The Morgan fingerprint density at radius 1 is 1.39 bits per heavy atom. The van der Waals surface area contributed by atoms with Gasteiger partial charge in [-0.1, -0.05) is 0 Å². The van der Waals surface area contributed by atoms with Crippen LogP contribution in [0, 0.1) is 10.1 Å². The third-order valence-corrected chi connectivity index (χ3v) is 3.36. The summed E-state index contributed by atoms with van der Waals surface area (Å²) in [6.45, 7) is 0. The van der Waals surface area contributed by atoms with E-state index in [1.54, 1.807) is 11.6 Å². The van der Waals surface area contributed by atoms with Crippen LogP contribution >= 0.6 is 11.3 Å². The van der Waals surface area contributed by atoms with Crippen LogP contribution < -0.4 is 5.32 Å². The van der Waals surface area contributed by atoms with Gasteiger partial charge in [-0.2, -0.15) is 5.10 Å². The first-order valence-electron chi connectivity index (χ1n) is 5.16. The maximum Gasteiger partial charge on any atom is 0.303 e. The van der Waals surface area contributed by atoms with Crippen LogP contribution in [-0.2, 0) is 0 Å². The highest BCUT2D eigenvalue weighted by molar-refractivity contribution is 7.14. The Morgan fingerprint density at radius 3 is 3.11 bits per heavy atom. The Morgan fingerprint density at radius 2 is 2.28 bits per heavy atom. The van der Waals surface area contributed by atoms with E-state index in [2.05, 4.69) is 15.5 Å². The fourth-order valence-electron chi connectivity index (χ4n) is 1.69. The third-order valence-electron chi connectivity index (χ3n) is 2.54. The molecule has 3 aromatic rings. The quantitative estimate of drug-likeness (QED) is 0.559. The molecule has 90 valence electrons. The number of aromatic nitrogens is 2. The Balaban J connectivity index is 1.95. The minimum Gasteiger partial charge on any atom is -0.342 e. The molecule has 18 heavy (non-hydrogen) atoms. The SMILES string of the molecule is O=[N+]([O-])c1ccsc1Nc1ccc2[nH]ncc2c1. The summed E-state index contributed by atoms with van der Waals surface area (Å²) in [7, 11) is 0. The number of hydrogen-bond donors (Lipinski definition) is 2. The molecule has 2 aromatic heterocycles. The van der Waals surface area contributed by atoms with Gasteiger partial charge in [0, 0.05) is 17.1 Å². The molecule has 0 saturated carbocycles. The number of nitrogens with one attached hydrogen (secondary N) is 2. The molecule has 0 unspecified atom stereocenters. The van der Waals surface area contributed by atoms with E-state index in [0.29, 0.717) is 5.00 Å². The summed E-state index contributed by atoms with van der Waals surface area (Å²) in [6.07, 6.45) is 1.71. The van der Waals surface area contributed by atoms with Crippen molar-refractivity contribution in [1.82, 2.24) is 10.2 Å². The molecule has 0 bridgehead atoms. The Kier molecular flexibility index (Phi) is 2.45. The van der Waals surface area contributed by atoms with E-state index >= 15 is 0 Å². The number of thiophene rings is 1. The maximum atomic E-state index is 10.8. The lowest BCUT2D eigenvalue weighted by Gasteiger charge is -2.03. The molecule has 6 nitrogen and oxygen atoms in total. The largest absolute Gasteiger partial charge is 0.342 e. The van der Waals surface area contributed by atoms with Gasteiger partial charge in [-0.05, 0) is 23.6 Å². The molecule has 0 spiro atoms. The normalized spacial score (nSPS) is 10.7. The number of nitro groups is 1. The van der Waals surface area contributed by atoms with Crippen LogP contribution in [0.1, 0.15) is 0 Å². The first-order valence-corrected chi connectivity index (χ1v) is 6.04. The van der Waals surface area contributed by atoms with Gasteiger partial charge in [-0.25, -0.2) is 0 Å². The van der Waals surface area contributed by atoms with Crippen LogP contribution in [0.4, 0.5) is 16.4 Å². The van der Waals surface area contributed by atoms with Gasteiger partial charge >= 0.3 is 5.69 Å². The van der Waals surface area contributed by atoms with Gasteiger partial charge < -0.3 is 5.32 Å². The minimum atomic E-state index is -0.394. The van der Waals surface area contributed by atoms with E-state index in [0.717, 1.165) is 16.6 Å². The van der Waals surface area contributed by atoms with Gasteiger partial charge in [-0.15, -0.1) is 11.3 Å². The lowest BCUT2D eigenvalue weighted by molar-refractivity contribution is -0.383. The van der Waals surface area contributed by atoms with Crippen molar-refractivity contribution in [3.8, 4) is 0 Å². The maximum absolute atomic E-state index is 10.8. The average Bonchev–Trinajstić information content (AvgIpc) is 2.96. The summed E-state index contributed by atoms with van der Waals surface area (Å²) in [5, 5.41) is 23.8. The molecule has 0 aliphatic carbocycles. The highest BCUT2D eigenvalue weighted by Gasteiger charge is 2.15. The number of aromatic amines is 1. The highest BCUT2D eigenvalue weighted by Crippen LogP contribution is 2.33. The zero-order valence-corrected chi connectivity index (χ0v) is 9.90. The first kappa shape index (κ1) is 10.7. The van der Waals surface area contributed by atoms with Crippen LogP contribution in [0.25, 0.3) is 10.9 Å². The highest BCUT2D eigenvalue weighted by atomic mass is 32.1. The van der Waals surface area contributed by atoms with Crippen molar-refractivity contribution >= 4 is 38.6 Å². The molecule has 7 heteroatoms. The predicted octanol–water partition coefficient (Wildman–Crippen LogP) is 3.28. The molecular weight excluding hydrogens is 252 g/mol. The van der Waals surface area contributed by atoms with Crippen molar-refractivity contribution in [2.45, 2.75) is 0 Å². The molecule has 0 radical (unpaired) electrons. The number of H-pyrrole nitrogens is 1. The molecule has 0 fully saturated rings. The topological polar surface area (TPSA) is 83.9 Å². The number of benzene rings is 1. The molecule has 0 aliphatic heterocycles. The zero-order valence-electron chi connectivity index (χ0n) is 9.08. The number of hydrogen-bond acceptors (Lipinski definition) is 5. The van der Waals surface area contributed by atoms with Crippen molar-refractivity contribution in [1.29, 1.82) is 0 Å². The van der Waals surface area contributed by atoms with Crippen molar-refractivity contribution in [3.63, 3.8) is 0 Å². The van der Waals surface area contributed by atoms with Gasteiger partial charge in [0.05, 0.1) is 16.6 Å². The predicted molar refractivity (Wildman–Crippen MR) is 70.3 cm³/mol. The molecule has 0 atom stereocenters. The van der Waals surface area contributed by atoms with Crippen LogP contribution in [0.15, 0.2) is 35.8 Å². The summed E-state index contributed by atoms with van der Waals surface area (Å²) >= 11 is 1.30. The van der Waals surface area contributed by atoms with E-state index in [4.69, 9.17) is 0 Å². The Bertz CT molecular complexity index is 718. The lowest BCUT2D eigenvalue weighted by Crippen LogP contribution is -1.92. The molecule has 1 aromatic carbocycles. The van der Waals surface area contributed by atoms with Gasteiger partial charge in [0.15, 0.2) is 5.00 Å². The second-order valence-electron chi connectivity index (χ2n) is 3.69. The van der Waals surface area contributed by atoms with Crippen LogP contribution in [-0.4, -0.2) is 15.1 Å². The van der Waals surface area contributed by atoms with Gasteiger partial charge in [0.2, 0.25) is 0 Å². The van der Waals surface area contributed by atoms with E-state index in [1.165, 1.54) is 17.4 Å². The first-order chi connectivity index (χ1) is 8.74. The van der Waals surface area contributed by atoms with E-state index < -0.39 is 4.92 Å². The van der Waals surface area contributed by atoms with Gasteiger partial charge in [0.1, 0.15) is 0 Å². The van der Waals surface area contributed by atoms with Crippen LogP contribution in [0.2, 0.25) is 0 Å². The number of nitrogens with zero attached hydrogens (tertiary/aromatic N) is 2. The average molecular weight is 260 g/mol. The van der Waals surface area contributed by atoms with Crippen molar-refractivity contribution in [2.75, 3.05) is 5.32 Å². The summed E-state index contributed by atoms with van der Waals surface area (Å²) in [5.41, 5.74) is 1.82. The summed E-state index contributed by atoms with van der Waals surface area (Å²) in [6, 6.07) is 7.11. The molecule has 2 heterocycles. The summed E-state index contributed by atoms with van der Waals surface area (Å²) < 4.78 is 0. The van der Waals surface area contributed by atoms with Crippen molar-refractivity contribution in [3.05, 3.63) is 46.0 Å². The number of fused-ring (bicyclic) bond motifs is 1. The Labute approximate surface area is 105 Å². The van der Waals surface area contributed by atoms with Gasteiger partial charge in [-0.3, -0.25) is 15.2 Å². The van der Waals surface area contributed by atoms with Crippen LogP contribution in [0.5, 0.6) is 0 Å². The van der Waals surface area contributed by atoms with E-state index in [9.17, 15) is 10.1 Å². The standard InChI is InChI=1S/C11H8N4O2S/c16-15(17)10-3-4-18-11(10)13-8-1-2-9-7(5-8)6-12-14-9/h1-6,13H,(H,12,14). The van der Waals surface area contributed by atoms with Crippen molar-refractivity contribution < 1.29 is 4.92 Å². The second kappa shape index (κ2) is 4.11. The zero-order chi connectivity index (χ0) is 12.5. The molecule has 3 rings (SSSR count). The molecule has 0 aliphatic rings. The smallest absolute Gasteiger partial charge is 0.303 e. The summed E-state index contributed by atoms with van der Waals surface area (Å²) in [5.74, 6) is 0. The van der Waals surface area contributed by atoms with Gasteiger partial charge in [0.25, 0.3) is 0 Å². The number of anilines is 2. The third kappa shape index (κ3) is 1.80. The molecule has 0 saturated heterocycles. The molecule has 0 amide bonds. The van der Waals surface area contributed by atoms with Crippen molar-refractivity contribution in [2.24, 2.45) is 0 Å². The number of rotatable bonds is 3. The fourth-order valence-corrected chi connectivity index (χ4v) is 2.46. The fraction of sp³-hybridized carbons (Fsp3) is 0. The second-order valence-corrected chi connectivity index (χ2v) is 4.61.